The van der Waals surface area contributed by atoms with Crippen molar-refractivity contribution in [3.05, 3.63) is 89.6 Å². The van der Waals surface area contributed by atoms with Gasteiger partial charge in [0.1, 0.15) is 36.3 Å². The number of nitrogens with zero attached hydrogens (tertiary/aromatic N) is 1. The van der Waals surface area contributed by atoms with Crippen LogP contribution in [-0.2, 0) is 13.1 Å². The van der Waals surface area contributed by atoms with Crippen LogP contribution in [0, 0.1) is 5.82 Å². The lowest BCUT2D eigenvalue weighted by Gasteiger charge is -2.24. The molecule has 0 spiro atoms. The van der Waals surface area contributed by atoms with Crippen molar-refractivity contribution >= 4 is 6.29 Å². The van der Waals surface area contributed by atoms with Gasteiger partial charge in [-0.25, -0.2) is 4.39 Å². The van der Waals surface area contributed by atoms with Crippen molar-refractivity contribution in [2.24, 2.45) is 0 Å². The van der Waals surface area contributed by atoms with E-state index in [1.807, 2.05) is 17.0 Å². The Hall–Kier alpha value is -2.96. The van der Waals surface area contributed by atoms with Crippen LogP contribution in [0.4, 0.5) is 4.39 Å². The largest absolute Gasteiger partial charge is 0.491 e. The molecule has 2 aromatic carbocycles. The molecule has 28 heavy (non-hydrogen) atoms. The third-order valence-electron chi connectivity index (χ3n) is 4.18. The van der Waals surface area contributed by atoms with Gasteiger partial charge in [0.2, 0.25) is 0 Å². The van der Waals surface area contributed by atoms with Gasteiger partial charge in [0.05, 0.1) is 12.8 Å². The molecule has 1 unspecified atom stereocenters. The molecule has 0 aliphatic rings. The molecule has 0 aliphatic carbocycles. The van der Waals surface area contributed by atoms with Gasteiger partial charge in [-0.1, -0.05) is 12.1 Å². The van der Waals surface area contributed by atoms with Crippen molar-refractivity contribution in [2.45, 2.75) is 19.2 Å². The molecule has 0 saturated heterocycles. The van der Waals surface area contributed by atoms with Crippen molar-refractivity contribution in [1.82, 2.24) is 4.90 Å². The zero-order valence-corrected chi connectivity index (χ0v) is 15.3. The third-order valence-corrected chi connectivity index (χ3v) is 4.18. The van der Waals surface area contributed by atoms with Gasteiger partial charge in [0.15, 0.2) is 0 Å². The second kappa shape index (κ2) is 9.82. The average molecular weight is 383 g/mol. The molecule has 3 aromatic rings. The van der Waals surface area contributed by atoms with Gasteiger partial charge in [0, 0.05) is 18.7 Å². The summed E-state index contributed by atoms with van der Waals surface area (Å²) >= 11 is 0. The van der Waals surface area contributed by atoms with Gasteiger partial charge < -0.3 is 14.3 Å². The monoisotopic (exact) mass is 383 g/mol. The highest BCUT2D eigenvalue weighted by atomic mass is 19.1. The summed E-state index contributed by atoms with van der Waals surface area (Å²) in [6, 6.07) is 16.7. The number of aldehydes is 1. The molecular formula is C22H22FNO4. The molecule has 1 heterocycles. The highest BCUT2D eigenvalue weighted by Crippen LogP contribution is 2.14. The summed E-state index contributed by atoms with van der Waals surface area (Å²) in [4.78, 5) is 12.7. The zero-order chi connectivity index (χ0) is 19.8. The van der Waals surface area contributed by atoms with Crippen LogP contribution in [0.2, 0.25) is 0 Å². The molecule has 0 aliphatic heterocycles. The van der Waals surface area contributed by atoms with E-state index in [9.17, 15) is 14.3 Å². The van der Waals surface area contributed by atoms with Crippen LogP contribution in [0.3, 0.4) is 0 Å². The molecule has 6 heteroatoms. The SMILES string of the molecule is O=Cc1ccc(OCC(O)CN(Cc2cccc(F)c2)Cc2ccco2)cc1. The van der Waals surface area contributed by atoms with E-state index in [-0.39, 0.29) is 12.4 Å². The molecular weight excluding hydrogens is 361 g/mol. The van der Waals surface area contributed by atoms with E-state index in [1.165, 1.54) is 12.1 Å². The number of aliphatic hydroxyl groups excluding tert-OH is 1. The molecule has 1 atom stereocenters. The molecule has 0 saturated carbocycles. The fourth-order valence-corrected chi connectivity index (χ4v) is 2.89. The maximum atomic E-state index is 13.5. The molecule has 0 fully saturated rings. The number of benzene rings is 2. The number of ether oxygens (including phenoxy) is 1. The highest BCUT2D eigenvalue weighted by Gasteiger charge is 2.15. The van der Waals surface area contributed by atoms with Crippen molar-refractivity contribution in [3.8, 4) is 5.75 Å². The standard InChI is InChI=1S/C22H22FNO4/c23-19-4-1-3-18(11-19)12-24(14-22-5-2-10-27-22)13-20(26)16-28-21-8-6-17(15-25)7-9-21/h1-11,15,20,26H,12-14,16H2. The maximum Gasteiger partial charge on any atom is 0.150 e. The predicted octanol–water partition coefficient (Wildman–Crippen LogP) is 3.67. The highest BCUT2D eigenvalue weighted by molar-refractivity contribution is 5.74. The van der Waals surface area contributed by atoms with Gasteiger partial charge in [-0.3, -0.25) is 9.69 Å². The van der Waals surface area contributed by atoms with Crippen molar-refractivity contribution in [3.63, 3.8) is 0 Å². The first-order chi connectivity index (χ1) is 13.6. The molecule has 146 valence electrons. The van der Waals surface area contributed by atoms with Gasteiger partial charge in [-0.05, 0) is 54.1 Å². The Morgan fingerprint density at radius 2 is 1.93 bits per heavy atom. The minimum Gasteiger partial charge on any atom is -0.491 e. The second-order valence-corrected chi connectivity index (χ2v) is 6.53. The Labute approximate surface area is 163 Å². The first-order valence-corrected chi connectivity index (χ1v) is 8.97. The summed E-state index contributed by atoms with van der Waals surface area (Å²) in [5.41, 5.74) is 1.37. The third kappa shape index (κ3) is 6.04. The Morgan fingerprint density at radius 3 is 2.61 bits per heavy atom. The first-order valence-electron chi connectivity index (χ1n) is 8.97. The Bertz CT molecular complexity index is 865. The van der Waals surface area contributed by atoms with Crippen LogP contribution in [0.1, 0.15) is 21.7 Å². The van der Waals surface area contributed by atoms with E-state index in [0.29, 0.717) is 30.9 Å². The Morgan fingerprint density at radius 1 is 1.11 bits per heavy atom. The minimum absolute atomic E-state index is 0.0955. The van der Waals surface area contributed by atoms with Crippen LogP contribution >= 0.6 is 0 Å². The number of furan rings is 1. The molecule has 3 rings (SSSR count). The first kappa shape index (κ1) is 19.8. The van der Waals surface area contributed by atoms with Gasteiger partial charge >= 0.3 is 0 Å². The van der Waals surface area contributed by atoms with E-state index in [2.05, 4.69) is 0 Å². The topological polar surface area (TPSA) is 62.9 Å². The lowest BCUT2D eigenvalue weighted by atomic mass is 10.2. The van der Waals surface area contributed by atoms with Crippen molar-refractivity contribution in [2.75, 3.05) is 13.2 Å². The number of aliphatic hydroxyl groups is 1. The number of hydrogen-bond donors (Lipinski definition) is 1. The summed E-state index contributed by atoms with van der Waals surface area (Å²) in [6.45, 7) is 1.36. The number of hydrogen-bond acceptors (Lipinski definition) is 5. The number of carbonyl (C=O) groups excluding carboxylic acids is 1. The van der Waals surface area contributed by atoms with Crippen LogP contribution in [0.5, 0.6) is 5.75 Å². The van der Waals surface area contributed by atoms with Crippen molar-refractivity contribution < 1.29 is 23.4 Å². The lowest BCUT2D eigenvalue weighted by Crippen LogP contribution is -2.35. The van der Waals surface area contributed by atoms with Crippen LogP contribution in [0.25, 0.3) is 0 Å². The van der Waals surface area contributed by atoms with Gasteiger partial charge in [-0.15, -0.1) is 0 Å². The molecule has 0 bridgehead atoms. The fraction of sp³-hybridized carbons (Fsp3) is 0.227. The zero-order valence-electron chi connectivity index (χ0n) is 15.3. The summed E-state index contributed by atoms with van der Waals surface area (Å²) in [7, 11) is 0. The lowest BCUT2D eigenvalue weighted by molar-refractivity contribution is 0.0604. The maximum absolute atomic E-state index is 13.5. The molecule has 0 amide bonds. The summed E-state index contributed by atoms with van der Waals surface area (Å²) in [5.74, 6) is 1.04. The van der Waals surface area contributed by atoms with E-state index in [1.54, 1.807) is 42.7 Å². The molecule has 1 N–H and O–H groups in total. The van der Waals surface area contributed by atoms with E-state index in [0.717, 1.165) is 17.6 Å². The number of carbonyl (C=O) groups is 1. The quantitative estimate of drug-likeness (QED) is 0.541. The minimum atomic E-state index is -0.755. The molecule has 5 nitrogen and oxygen atoms in total. The normalized spacial score (nSPS) is 12.1. The average Bonchev–Trinajstić information content (AvgIpc) is 3.20. The van der Waals surface area contributed by atoms with E-state index in [4.69, 9.17) is 9.15 Å². The summed E-state index contributed by atoms with van der Waals surface area (Å²) < 4.78 is 24.5. The second-order valence-electron chi connectivity index (χ2n) is 6.53. The Kier molecular flexibility index (Phi) is 6.94. The van der Waals surface area contributed by atoms with Gasteiger partial charge in [-0.2, -0.15) is 0 Å². The van der Waals surface area contributed by atoms with Gasteiger partial charge in [0.25, 0.3) is 0 Å². The van der Waals surface area contributed by atoms with Crippen LogP contribution < -0.4 is 4.74 Å². The summed E-state index contributed by atoms with van der Waals surface area (Å²) in [6.07, 6.45) is 1.60. The fourth-order valence-electron chi connectivity index (χ4n) is 2.89. The van der Waals surface area contributed by atoms with Crippen LogP contribution in [0.15, 0.2) is 71.3 Å². The smallest absolute Gasteiger partial charge is 0.150 e. The Balaban J connectivity index is 1.59. The molecule has 1 aromatic heterocycles. The summed E-state index contributed by atoms with van der Waals surface area (Å²) in [5, 5.41) is 10.4. The van der Waals surface area contributed by atoms with Crippen LogP contribution in [-0.4, -0.2) is 35.5 Å². The van der Waals surface area contributed by atoms with E-state index >= 15 is 0 Å². The van der Waals surface area contributed by atoms with Crippen molar-refractivity contribution in [1.29, 1.82) is 0 Å². The predicted molar refractivity (Wildman–Crippen MR) is 103 cm³/mol. The van der Waals surface area contributed by atoms with E-state index < -0.39 is 6.10 Å². The number of halogens is 1. The molecule has 0 radical (unpaired) electrons. The number of rotatable bonds is 10.